The van der Waals surface area contributed by atoms with Crippen LogP contribution in [0.15, 0.2) is 18.2 Å². The fourth-order valence-corrected chi connectivity index (χ4v) is 2.55. The van der Waals surface area contributed by atoms with E-state index in [1.54, 1.807) is 19.2 Å². The molecule has 0 aliphatic carbocycles. The summed E-state index contributed by atoms with van der Waals surface area (Å²) in [6.45, 7) is 7.47. The molecule has 1 aliphatic rings. The number of aromatic hydroxyl groups is 1. The first-order valence-electron chi connectivity index (χ1n) is 7.66. The number of rotatable bonds is 7. The zero-order valence-corrected chi connectivity index (χ0v) is 13.1. The molecular weight excluding hydrogens is 266 g/mol. The zero-order chi connectivity index (χ0) is 15.1. The van der Waals surface area contributed by atoms with Crippen molar-refractivity contribution in [1.29, 1.82) is 0 Å². The van der Waals surface area contributed by atoms with Crippen LogP contribution in [-0.2, 0) is 6.54 Å². The molecule has 2 rings (SSSR count). The van der Waals surface area contributed by atoms with Gasteiger partial charge in [-0.15, -0.1) is 0 Å². The predicted molar refractivity (Wildman–Crippen MR) is 84.9 cm³/mol. The van der Waals surface area contributed by atoms with Crippen LogP contribution in [0, 0.1) is 0 Å². The van der Waals surface area contributed by atoms with Gasteiger partial charge >= 0.3 is 0 Å². The summed E-state index contributed by atoms with van der Waals surface area (Å²) in [5, 5.41) is 13.2. The number of hydrogen-bond donors (Lipinski definition) is 2. The SMILES string of the molecule is COc1ccc(O)c(CNCCCN2CCN(C)CC2)c1. The molecule has 1 saturated heterocycles. The smallest absolute Gasteiger partial charge is 0.120 e. The Kier molecular flexibility index (Phi) is 6.29. The van der Waals surface area contributed by atoms with Gasteiger partial charge in [0.25, 0.3) is 0 Å². The molecule has 0 atom stereocenters. The lowest BCUT2D eigenvalue weighted by molar-refractivity contribution is 0.152. The lowest BCUT2D eigenvalue weighted by Crippen LogP contribution is -2.45. The van der Waals surface area contributed by atoms with Crippen LogP contribution in [-0.4, -0.2) is 68.3 Å². The third-order valence-corrected chi connectivity index (χ3v) is 4.03. The molecule has 5 nitrogen and oxygen atoms in total. The molecule has 0 bridgehead atoms. The fourth-order valence-electron chi connectivity index (χ4n) is 2.55. The Balaban J connectivity index is 1.63. The molecule has 2 N–H and O–H groups in total. The average Bonchev–Trinajstić information content (AvgIpc) is 2.50. The molecule has 0 spiro atoms. The van der Waals surface area contributed by atoms with Crippen molar-refractivity contribution in [3.05, 3.63) is 23.8 Å². The highest BCUT2D eigenvalue weighted by molar-refractivity contribution is 5.39. The van der Waals surface area contributed by atoms with Crippen molar-refractivity contribution in [2.75, 3.05) is 53.4 Å². The number of benzene rings is 1. The average molecular weight is 293 g/mol. The number of phenols is 1. The summed E-state index contributed by atoms with van der Waals surface area (Å²) < 4.78 is 5.18. The largest absolute Gasteiger partial charge is 0.508 e. The molecule has 5 heteroatoms. The molecule has 1 fully saturated rings. The highest BCUT2D eigenvalue weighted by Crippen LogP contribution is 2.22. The normalized spacial score (nSPS) is 17.0. The van der Waals surface area contributed by atoms with Gasteiger partial charge in [-0.2, -0.15) is 0 Å². The Morgan fingerprint density at radius 3 is 2.71 bits per heavy atom. The number of nitrogens with zero attached hydrogens (tertiary/aromatic N) is 2. The van der Waals surface area contributed by atoms with Crippen molar-refractivity contribution < 1.29 is 9.84 Å². The minimum absolute atomic E-state index is 0.322. The second-order valence-electron chi connectivity index (χ2n) is 5.67. The highest BCUT2D eigenvalue weighted by Gasteiger charge is 2.12. The van der Waals surface area contributed by atoms with Gasteiger partial charge in [-0.05, 0) is 44.8 Å². The monoisotopic (exact) mass is 293 g/mol. The van der Waals surface area contributed by atoms with Crippen LogP contribution in [0.4, 0.5) is 0 Å². The van der Waals surface area contributed by atoms with Gasteiger partial charge in [0, 0.05) is 38.3 Å². The van der Waals surface area contributed by atoms with E-state index in [-0.39, 0.29) is 0 Å². The van der Waals surface area contributed by atoms with E-state index >= 15 is 0 Å². The van der Waals surface area contributed by atoms with Crippen molar-refractivity contribution in [1.82, 2.24) is 15.1 Å². The molecule has 1 aliphatic heterocycles. The zero-order valence-electron chi connectivity index (χ0n) is 13.1. The fraction of sp³-hybridized carbons (Fsp3) is 0.625. The van der Waals surface area contributed by atoms with E-state index < -0.39 is 0 Å². The van der Waals surface area contributed by atoms with E-state index in [4.69, 9.17) is 4.74 Å². The summed E-state index contributed by atoms with van der Waals surface area (Å²) in [4.78, 5) is 4.89. The van der Waals surface area contributed by atoms with Crippen LogP contribution in [0.1, 0.15) is 12.0 Å². The van der Waals surface area contributed by atoms with Crippen molar-refractivity contribution in [2.24, 2.45) is 0 Å². The Bertz CT molecular complexity index is 432. The Morgan fingerprint density at radius 1 is 1.24 bits per heavy atom. The molecule has 1 aromatic rings. The van der Waals surface area contributed by atoms with Crippen molar-refractivity contribution in [3.63, 3.8) is 0 Å². The van der Waals surface area contributed by atoms with Gasteiger partial charge in [-0.1, -0.05) is 0 Å². The minimum Gasteiger partial charge on any atom is -0.508 e. The standard InChI is InChI=1S/C16H27N3O2/c1-18-8-10-19(11-9-18)7-3-6-17-13-14-12-15(21-2)4-5-16(14)20/h4-5,12,17,20H,3,6-11,13H2,1-2H3. The quantitative estimate of drug-likeness (QED) is 0.738. The summed E-state index contributed by atoms with van der Waals surface area (Å²) in [5.41, 5.74) is 0.883. The van der Waals surface area contributed by atoms with Gasteiger partial charge in [0.05, 0.1) is 7.11 Å². The maximum Gasteiger partial charge on any atom is 0.120 e. The van der Waals surface area contributed by atoms with E-state index in [1.807, 2.05) is 6.07 Å². The Hall–Kier alpha value is -1.30. The molecule has 21 heavy (non-hydrogen) atoms. The van der Waals surface area contributed by atoms with Gasteiger partial charge in [0.1, 0.15) is 11.5 Å². The summed E-state index contributed by atoms with van der Waals surface area (Å²) in [6, 6.07) is 5.33. The van der Waals surface area contributed by atoms with Crippen molar-refractivity contribution >= 4 is 0 Å². The van der Waals surface area contributed by atoms with E-state index in [2.05, 4.69) is 22.2 Å². The molecule has 0 unspecified atom stereocenters. The lowest BCUT2D eigenvalue weighted by atomic mass is 10.2. The second-order valence-corrected chi connectivity index (χ2v) is 5.67. The summed E-state index contributed by atoms with van der Waals surface area (Å²) >= 11 is 0. The molecule has 0 saturated carbocycles. The van der Waals surface area contributed by atoms with Crippen LogP contribution in [0.25, 0.3) is 0 Å². The van der Waals surface area contributed by atoms with Gasteiger partial charge in [-0.25, -0.2) is 0 Å². The van der Waals surface area contributed by atoms with E-state index in [0.717, 1.165) is 30.8 Å². The maximum atomic E-state index is 9.81. The second kappa shape index (κ2) is 8.22. The van der Waals surface area contributed by atoms with E-state index in [9.17, 15) is 5.11 Å². The van der Waals surface area contributed by atoms with Crippen molar-refractivity contribution in [2.45, 2.75) is 13.0 Å². The lowest BCUT2D eigenvalue weighted by Gasteiger charge is -2.32. The maximum absolute atomic E-state index is 9.81. The van der Waals surface area contributed by atoms with Gasteiger partial charge in [0.2, 0.25) is 0 Å². The number of nitrogens with one attached hydrogen (secondary N) is 1. The molecule has 118 valence electrons. The highest BCUT2D eigenvalue weighted by atomic mass is 16.5. The number of piperazine rings is 1. The van der Waals surface area contributed by atoms with Gasteiger partial charge < -0.3 is 25.0 Å². The third kappa shape index (κ3) is 5.19. The number of phenolic OH excluding ortho intramolecular Hbond substituents is 1. The number of ether oxygens (including phenoxy) is 1. The first-order valence-corrected chi connectivity index (χ1v) is 7.66. The van der Waals surface area contributed by atoms with Gasteiger partial charge in [0.15, 0.2) is 0 Å². The first kappa shape index (κ1) is 16.1. The first-order chi connectivity index (χ1) is 10.2. The summed E-state index contributed by atoms with van der Waals surface area (Å²) in [5.74, 6) is 1.10. The molecule has 0 aromatic heterocycles. The number of likely N-dealkylation sites (N-methyl/N-ethyl adjacent to an activating group) is 1. The van der Waals surface area contributed by atoms with Crippen LogP contribution < -0.4 is 10.1 Å². The molecular formula is C16H27N3O2. The molecule has 0 amide bonds. The molecule has 1 aromatic carbocycles. The molecule has 1 heterocycles. The third-order valence-electron chi connectivity index (χ3n) is 4.03. The van der Waals surface area contributed by atoms with Crippen LogP contribution >= 0.6 is 0 Å². The minimum atomic E-state index is 0.322. The molecule has 0 radical (unpaired) electrons. The predicted octanol–water partition coefficient (Wildman–Crippen LogP) is 1.13. The van der Waals surface area contributed by atoms with Gasteiger partial charge in [-0.3, -0.25) is 0 Å². The van der Waals surface area contributed by atoms with Crippen molar-refractivity contribution in [3.8, 4) is 11.5 Å². The van der Waals surface area contributed by atoms with E-state index in [1.165, 1.54) is 26.2 Å². The Labute approximate surface area is 127 Å². The van der Waals surface area contributed by atoms with Crippen LogP contribution in [0.5, 0.6) is 11.5 Å². The van der Waals surface area contributed by atoms with E-state index in [0.29, 0.717) is 12.3 Å². The summed E-state index contributed by atoms with van der Waals surface area (Å²) in [6.07, 6.45) is 1.13. The topological polar surface area (TPSA) is 48.0 Å². The number of methoxy groups -OCH3 is 1. The summed E-state index contributed by atoms with van der Waals surface area (Å²) in [7, 11) is 3.82. The van der Waals surface area contributed by atoms with Crippen LogP contribution in [0.2, 0.25) is 0 Å². The number of hydrogen-bond acceptors (Lipinski definition) is 5. The Morgan fingerprint density at radius 2 is 2.00 bits per heavy atom. The van der Waals surface area contributed by atoms with Crippen LogP contribution in [0.3, 0.4) is 0 Å².